The molecule has 2 atom stereocenters. The number of aliphatic imine (C=N–C) groups is 1. The number of H-pyrrole nitrogens is 1. The number of aryl methyl sites for hydroxylation is 2. The molecule has 0 unspecified atom stereocenters. The number of carbonyl (C=O) groups excluding carboxylic acids is 3. The fourth-order valence-corrected chi connectivity index (χ4v) is 9.53. The summed E-state index contributed by atoms with van der Waals surface area (Å²) in [5, 5.41) is 19.1. The minimum Gasteiger partial charge on any atom is -0.377 e. The van der Waals surface area contributed by atoms with Crippen LogP contribution in [0.3, 0.4) is 0 Å². The molecule has 6 aromatic rings. The maximum atomic E-state index is 13.6. The van der Waals surface area contributed by atoms with Crippen molar-refractivity contribution >= 4 is 75.2 Å². The molecule has 4 aromatic heterocycles. The van der Waals surface area contributed by atoms with E-state index < -0.39 is 35.3 Å². The Morgan fingerprint density at radius 2 is 1.61 bits per heavy atom. The average molecular weight is 978 g/mol. The number of fused-ring (bicyclic) bond motifs is 4. The molecule has 2 aromatic carbocycles. The summed E-state index contributed by atoms with van der Waals surface area (Å²) in [6.07, 6.45) is 0.0640. The molecular formula is C44H50ClFN12O7S2. The number of aromatic amines is 1. The molecule has 0 bridgehead atoms. The average Bonchev–Trinajstić information content (AvgIpc) is 3.91. The SMILES string of the molecule is CC(=O)N[C@@H](CSc1nc2c(=O)[nH]c(N)nc2n1Cc1ccc(F)cc1)C(=O)NCCOCCOCCOCCNC(=O)C[C@@H]1N=C(c2ccc(Cl)cc2)c2c(sc(C)c2C)-n2c(C)nnc21. The van der Waals surface area contributed by atoms with Crippen molar-refractivity contribution in [3.8, 4) is 5.00 Å². The highest BCUT2D eigenvalue weighted by atomic mass is 35.5. The highest BCUT2D eigenvalue weighted by Gasteiger charge is 2.32. The van der Waals surface area contributed by atoms with Crippen LogP contribution in [0.5, 0.6) is 0 Å². The van der Waals surface area contributed by atoms with Crippen molar-refractivity contribution in [3.05, 3.63) is 109 Å². The normalized spacial score (nSPS) is 13.7. The number of halogens is 2. The monoisotopic (exact) mass is 976 g/mol. The third-order valence-electron chi connectivity index (χ3n) is 10.5. The van der Waals surface area contributed by atoms with Crippen LogP contribution in [-0.2, 0) is 35.1 Å². The van der Waals surface area contributed by atoms with Crippen LogP contribution >= 0.6 is 34.7 Å². The van der Waals surface area contributed by atoms with Gasteiger partial charge < -0.3 is 35.9 Å². The number of amides is 3. The Labute approximate surface area is 397 Å². The Bertz CT molecular complexity index is 2810. The molecule has 3 amide bonds. The van der Waals surface area contributed by atoms with Crippen LogP contribution in [0.4, 0.5) is 10.3 Å². The second-order valence-corrected chi connectivity index (χ2v) is 18.0. The van der Waals surface area contributed by atoms with Gasteiger partial charge in [0.15, 0.2) is 22.1 Å². The molecule has 0 aliphatic carbocycles. The molecule has 0 fully saturated rings. The number of anilines is 1. The maximum absolute atomic E-state index is 13.6. The highest BCUT2D eigenvalue weighted by Crippen LogP contribution is 2.39. The van der Waals surface area contributed by atoms with Crippen LogP contribution in [0.1, 0.15) is 58.2 Å². The van der Waals surface area contributed by atoms with Crippen molar-refractivity contribution in [2.24, 2.45) is 4.99 Å². The van der Waals surface area contributed by atoms with Gasteiger partial charge in [-0.2, -0.15) is 4.98 Å². The molecule has 0 saturated heterocycles. The summed E-state index contributed by atoms with van der Waals surface area (Å²) >= 11 is 9.00. The summed E-state index contributed by atoms with van der Waals surface area (Å²) < 4.78 is 34.1. The van der Waals surface area contributed by atoms with Gasteiger partial charge in [-0.25, -0.2) is 9.37 Å². The number of ether oxygens (including phenoxy) is 3. The van der Waals surface area contributed by atoms with Gasteiger partial charge in [0.1, 0.15) is 28.7 Å². The van der Waals surface area contributed by atoms with Gasteiger partial charge in [0, 0.05) is 46.8 Å². The number of imidazole rings is 1. The lowest BCUT2D eigenvalue weighted by Gasteiger charge is -2.17. The van der Waals surface area contributed by atoms with Gasteiger partial charge in [0.25, 0.3) is 5.56 Å². The number of benzene rings is 2. The van der Waals surface area contributed by atoms with Crippen LogP contribution in [0.25, 0.3) is 16.2 Å². The molecule has 23 heteroatoms. The largest absolute Gasteiger partial charge is 0.377 e. The molecule has 0 spiro atoms. The highest BCUT2D eigenvalue weighted by molar-refractivity contribution is 7.99. The van der Waals surface area contributed by atoms with E-state index in [1.165, 1.54) is 19.1 Å². The van der Waals surface area contributed by atoms with Crippen molar-refractivity contribution in [1.82, 2.24) is 50.2 Å². The van der Waals surface area contributed by atoms with E-state index in [2.05, 4.69) is 54.9 Å². The molecule has 7 rings (SSSR count). The van der Waals surface area contributed by atoms with Crippen molar-refractivity contribution in [1.29, 1.82) is 0 Å². The zero-order valence-electron chi connectivity index (χ0n) is 37.2. The van der Waals surface area contributed by atoms with Crippen LogP contribution in [-0.4, -0.2) is 122 Å². The third-order valence-corrected chi connectivity index (χ3v) is 13.0. The van der Waals surface area contributed by atoms with Gasteiger partial charge in [-0.1, -0.05) is 47.6 Å². The van der Waals surface area contributed by atoms with Gasteiger partial charge in [0.2, 0.25) is 23.7 Å². The van der Waals surface area contributed by atoms with E-state index in [0.717, 1.165) is 44.0 Å². The smallest absolute Gasteiger partial charge is 0.280 e. The first kappa shape index (κ1) is 48.9. The number of nitrogen functional groups attached to an aromatic ring is 1. The second kappa shape index (κ2) is 22.6. The molecule has 0 saturated carbocycles. The van der Waals surface area contributed by atoms with E-state index in [-0.39, 0.29) is 74.7 Å². The van der Waals surface area contributed by atoms with E-state index in [4.69, 9.17) is 36.5 Å². The molecule has 0 radical (unpaired) electrons. The molecule has 19 nitrogen and oxygen atoms in total. The number of carbonyl (C=O) groups is 3. The fraction of sp³-hybridized carbons (Fsp3) is 0.386. The minimum absolute atomic E-state index is 0.0442. The van der Waals surface area contributed by atoms with Gasteiger partial charge in [-0.15, -0.1) is 21.5 Å². The quantitative estimate of drug-likeness (QED) is 0.0478. The summed E-state index contributed by atoms with van der Waals surface area (Å²) in [5.74, 6) is -0.174. The predicted molar refractivity (Wildman–Crippen MR) is 253 cm³/mol. The molecule has 67 heavy (non-hydrogen) atoms. The minimum atomic E-state index is -0.949. The Balaban J connectivity index is 0.797. The van der Waals surface area contributed by atoms with E-state index in [1.807, 2.05) is 35.8 Å². The zero-order chi connectivity index (χ0) is 47.6. The number of thioether (sulfide) groups is 1. The second-order valence-electron chi connectivity index (χ2n) is 15.4. The Morgan fingerprint density at radius 3 is 2.30 bits per heavy atom. The number of hydrogen-bond donors (Lipinski definition) is 5. The standard InChI is InChI=1S/C44H50ClFN12O7S2/c1-24-25(2)67-42-35(24)36(29-7-9-30(45)10-8-29)51-32(38-56-55-26(3)58(38)42)21-34(60)48-13-15-63-17-19-65-20-18-64-16-14-49-40(61)33(50-27(4)59)23-66-44-52-37-39(53-43(47)54-41(37)62)57(44)22-28-5-11-31(46)12-6-28/h5-12,32-33H,13-23H2,1-4H3,(H,48,60)(H,49,61)(H,50,59)(H3,47,53,54,62)/t32-,33-/m0/s1. The van der Waals surface area contributed by atoms with E-state index in [9.17, 15) is 23.6 Å². The lowest BCUT2D eigenvalue weighted by Crippen LogP contribution is -2.48. The molecule has 5 heterocycles. The lowest BCUT2D eigenvalue weighted by atomic mass is 9.99. The topological polar surface area (TPSA) is 248 Å². The summed E-state index contributed by atoms with van der Waals surface area (Å²) in [5.41, 5.74) is 10.0. The molecular weight excluding hydrogens is 927 g/mol. The van der Waals surface area contributed by atoms with Crippen molar-refractivity contribution in [3.63, 3.8) is 0 Å². The number of thiophene rings is 1. The summed E-state index contributed by atoms with van der Waals surface area (Å²) in [7, 11) is 0. The van der Waals surface area contributed by atoms with Crippen molar-refractivity contribution in [2.75, 3.05) is 64.2 Å². The van der Waals surface area contributed by atoms with Gasteiger partial charge in [-0.05, 0) is 56.2 Å². The van der Waals surface area contributed by atoms with E-state index in [1.54, 1.807) is 28.0 Å². The number of nitrogens with one attached hydrogen (secondary N) is 4. The number of hydrogen-bond acceptors (Lipinski definition) is 15. The molecule has 354 valence electrons. The van der Waals surface area contributed by atoms with Gasteiger partial charge in [0.05, 0.1) is 58.3 Å². The Hall–Kier alpha value is -6.04. The maximum Gasteiger partial charge on any atom is 0.280 e. The fourth-order valence-electron chi connectivity index (χ4n) is 7.17. The number of nitrogens with two attached hydrogens (primary N) is 1. The van der Waals surface area contributed by atoms with Crippen LogP contribution in [0.2, 0.25) is 5.02 Å². The summed E-state index contributed by atoms with van der Waals surface area (Å²) in [6, 6.07) is 11.8. The van der Waals surface area contributed by atoms with Crippen molar-refractivity contribution < 1.29 is 33.0 Å². The number of nitrogens with zero attached hydrogens (tertiary/aromatic N) is 7. The van der Waals surface area contributed by atoms with E-state index in [0.29, 0.717) is 47.1 Å². The number of aromatic nitrogens is 7. The van der Waals surface area contributed by atoms with Gasteiger partial charge in [-0.3, -0.25) is 38.3 Å². The molecule has 1 aliphatic heterocycles. The van der Waals surface area contributed by atoms with E-state index >= 15 is 0 Å². The Morgan fingerprint density at radius 1 is 0.940 bits per heavy atom. The predicted octanol–water partition coefficient (Wildman–Crippen LogP) is 3.97. The summed E-state index contributed by atoms with van der Waals surface area (Å²) in [6.45, 7) is 9.64. The first-order valence-corrected chi connectivity index (χ1v) is 23.5. The summed E-state index contributed by atoms with van der Waals surface area (Å²) in [4.78, 5) is 68.5. The van der Waals surface area contributed by atoms with Crippen LogP contribution < -0.4 is 27.2 Å². The first-order valence-electron chi connectivity index (χ1n) is 21.3. The molecule has 1 aliphatic rings. The van der Waals surface area contributed by atoms with Crippen LogP contribution in [0.15, 0.2) is 63.5 Å². The first-order chi connectivity index (χ1) is 32.3. The van der Waals surface area contributed by atoms with Crippen LogP contribution in [0, 0.1) is 26.6 Å². The zero-order valence-corrected chi connectivity index (χ0v) is 39.6. The Kier molecular flexibility index (Phi) is 16.5. The lowest BCUT2D eigenvalue weighted by molar-refractivity contribution is -0.127. The number of rotatable bonds is 22. The van der Waals surface area contributed by atoms with Crippen molar-refractivity contribution in [2.45, 2.75) is 57.9 Å². The van der Waals surface area contributed by atoms with Gasteiger partial charge >= 0.3 is 0 Å². The third kappa shape index (κ3) is 12.3. The molecule has 6 N–H and O–H groups in total.